The zero-order chi connectivity index (χ0) is 12.1. The summed E-state index contributed by atoms with van der Waals surface area (Å²) in [5.74, 6) is 2.69. The molecule has 1 saturated carbocycles. The highest BCUT2D eigenvalue weighted by Crippen LogP contribution is 2.36. The Bertz CT molecular complexity index is 213. The van der Waals surface area contributed by atoms with Gasteiger partial charge in [-0.05, 0) is 44.1 Å². The number of hydrogen-bond donors (Lipinski definition) is 1. The minimum Gasteiger partial charge on any atom is -0.381 e. The average molecular weight is 239 g/mol. The van der Waals surface area contributed by atoms with Gasteiger partial charge in [0.15, 0.2) is 0 Å². The molecule has 1 N–H and O–H groups in total. The van der Waals surface area contributed by atoms with E-state index in [1.54, 1.807) is 0 Å². The Morgan fingerprint density at radius 2 is 2.06 bits per heavy atom. The molecule has 1 aliphatic carbocycles. The van der Waals surface area contributed by atoms with Crippen LogP contribution < -0.4 is 5.32 Å². The molecule has 4 atom stereocenters. The van der Waals surface area contributed by atoms with Crippen LogP contribution in [0.25, 0.3) is 0 Å². The standard InChI is InChI=1S/C15H29NO/c1-3-13-6-4-5-7-14(13)15(16-2)10-12-8-9-17-11-12/h12-16H,3-11H2,1-2H3. The Morgan fingerprint density at radius 1 is 1.24 bits per heavy atom. The summed E-state index contributed by atoms with van der Waals surface area (Å²) >= 11 is 0. The maximum absolute atomic E-state index is 5.52. The second-order valence-electron chi connectivity index (χ2n) is 5.98. The van der Waals surface area contributed by atoms with Gasteiger partial charge in [-0.1, -0.05) is 32.6 Å². The normalized spacial score (nSPS) is 36.0. The lowest BCUT2D eigenvalue weighted by molar-refractivity contribution is 0.148. The van der Waals surface area contributed by atoms with Crippen LogP contribution in [-0.4, -0.2) is 26.3 Å². The van der Waals surface area contributed by atoms with Crippen LogP contribution in [0.4, 0.5) is 0 Å². The molecule has 100 valence electrons. The second-order valence-corrected chi connectivity index (χ2v) is 5.98. The molecule has 1 heterocycles. The van der Waals surface area contributed by atoms with Gasteiger partial charge < -0.3 is 10.1 Å². The van der Waals surface area contributed by atoms with Gasteiger partial charge in [-0.15, -0.1) is 0 Å². The Kier molecular flexibility index (Phi) is 5.30. The highest BCUT2D eigenvalue weighted by atomic mass is 16.5. The lowest BCUT2D eigenvalue weighted by Gasteiger charge is -2.37. The molecule has 1 aliphatic heterocycles. The molecule has 2 nitrogen and oxygen atoms in total. The van der Waals surface area contributed by atoms with Crippen molar-refractivity contribution in [3.05, 3.63) is 0 Å². The Balaban J connectivity index is 1.90. The summed E-state index contributed by atoms with van der Waals surface area (Å²) < 4.78 is 5.52. The van der Waals surface area contributed by atoms with Crippen LogP contribution in [0.1, 0.15) is 51.9 Å². The highest BCUT2D eigenvalue weighted by molar-refractivity contribution is 4.86. The van der Waals surface area contributed by atoms with E-state index in [0.717, 1.165) is 37.0 Å². The van der Waals surface area contributed by atoms with Crippen molar-refractivity contribution in [1.82, 2.24) is 5.32 Å². The third-order valence-electron chi connectivity index (χ3n) is 4.99. The number of ether oxygens (including phenoxy) is 1. The molecule has 0 aromatic heterocycles. The van der Waals surface area contributed by atoms with E-state index in [4.69, 9.17) is 4.74 Å². The molecule has 0 aromatic carbocycles. The molecular formula is C15H29NO. The summed E-state index contributed by atoms with van der Waals surface area (Å²) in [7, 11) is 2.15. The van der Waals surface area contributed by atoms with Gasteiger partial charge in [0.05, 0.1) is 0 Å². The molecule has 0 radical (unpaired) electrons. The van der Waals surface area contributed by atoms with E-state index in [-0.39, 0.29) is 0 Å². The van der Waals surface area contributed by atoms with E-state index in [9.17, 15) is 0 Å². The van der Waals surface area contributed by atoms with E-state index in [1.807, 2.05) is 0 Å². The predicted octanol–water partition coefficient (Wildman–Crippen LogP) is 3.22. The van der Waals surface area contributed by atoms with Gasteiger partial charge in [0.25, 0.3) is 0 Å². The van der Waals surface area contributed by atoms with Crippen LogP contribution in [0.3, 0.4) is 0 Å². The number of rotatable bonds is 5. The minimum absolute atomic E-state index is 0.729. The third kappa shape index (κ3) is 3.45. The zero-order valence-electron chi connectivity index (χ0n) is 11.6. The summed E-state index contributed by atoms with van der Waals surface area (Å²) in [5, 5.41) is 3.61. The Labute approximate surface area is 107 Å². The summed E-state index contributed by atoms with van der Waals surface area (Å²) in [4.78, 5) is 0. The van der Waals surface area contributed by atoms with E-state index in [1.165, 1.54) is 44.9 Å². The smallest absolute Gasteiger partial charge is 0.0495 e. The van der Waals surface area contributed by atoms with Crippen molar-refractivity contribution < 1.29 is 4.74 Å². The van der Waals surface area contributed by atoms with Gasteiger partial charge in [-0.2, -0.15) is 0 Å². The number of nitrogens with one attached hydrogen (secondary N) is 1. The van der Waals surface area contributed by atoms with Crippen LogP contribution in [0, 0.1) is 17.8 Å². The first kappa shape index (κ1) is 13.4. The second kappa shape index (κ2) is 6.75. The fraction of sp³-hybridized carbons (Fsp3) is 1.00. The molecule has 0 bridgehead atoms. The monoisotopic (exact) mass is 239 g/mol. The highest BCUT2D eigenvalue weighted by Gasteiger charge is 2.32. The lowest BCUT2D eigenvalue weighted by Crippen LogP contribution is -2.40. The average Bonchev–Trinajstić information content (AvgIpc) is 2.89. The van der Waals surface area contributed by atoms with Gasteiger partial charge in [0, 0.05) is 19.3 Å². The van der Waals surface area contributed by atoms with Gasteiger partial charge in [0.1, 0.15) is 0 Å². The van der Waals surface area contributed by atoms with Crippen molar-refractivity contribution in [2.24, 2.45) is 17.8 Å². The maximum atomic E-state index is 5.52. The van der Waals surface area contributed by atoms with Gasteiger partial charge >= 0.3 is 0 Å². The van der Waals surface area contributed by atoms with Crippen LogP contribution in [0.2, 0.25) is 0 Å². The molecule has 0 spiro atoms. The first-order valence-electron chi connectivity index (χ1n) is 7.60. The molecule has 0 aromatic rings. The SMILES string of the molecule is CCC1CCCCC1C(CC1CCOC1)NC. The van der Waals surface area contributed by atoms with Crippen molar-refractivity contribution in [3.63, 3.8) is 0 Å². The molecule has 0 amide bonds. The maximum Gasteiger partial charge on any atom is 0.0495 e. The largest absolute Gasteiger partial charge is 0.381 e. The first-order valence-corrected chi connectivity index (χ1v) is 7.60. The fourth-order valence-corrected chi connectivity index (χ4v) is 3.91. The minimum atomic E-state index is 0.729. The topological polar surface area (TPSA) is 21.3 Å². The molecule has 1 saturated heterocycles. The van der Waals surface area contributed by atoms with Crippen LogP contribution in [0.15, 0.2) is 0 Å². The molecule has 4 unspecified atom stereocenters. The molecule has 2 rings (SSSR count). The zero-order valence-corrected chi connectivity index (χ0v) is 11.6. The van der Waals surface area contributed by atoms with Crippen molar-refractivity contribution in [1.29, 1.82) is 0 Å². The summed E-state index contributed by atoms with van der Waals surface area (Å²) in [6.45, 7) is 4.36. The molecule has 17 heavy (non-hydrogen) atoms. The molecule has 2 heteroatoms. The van der Waals surface area contributed by atoms with Crippen molar-refractivity contribution in [3.8, 4) is 0 Å². The molecule has 2 aliphatic rings. The van der Waals surface area contributed by atoms with E-state index >= 15 is 0 Å². The van der Waals surface area contributed by atoms with Gasteiger partial charge in [-0.25, -0.2) is 0 Å². The number of hydrogen-bond acceptors (Lipinski definition) is 2. The van der Waals surface area contributed by atoms with E-state index < -0.39 is 0 Å². The predicted molar refractivity (Wildman–Crippen MR) is 72.1 cm³/mol. The summed E-state index contributed by atoms with van der Waals surface area (Å²) in [6.07, 6.45) is 9.78. The first-order chi connectivity index (χ1) is 8.35. The van der Waals surface area contributed by atoms with Crippen LogP contribution in [0.5, 0.6) is 0 Å². The van der Waals surface area contributed by atoms with Crippen LogP contribution >= 0.6 is 0 Å². The van der Waals surface area contributed by atoms with Crippen molar-refractivity contribution >= 4 is 0 Å². The van der Waals surface area contributed by atoms with E-state index in [0.29, 0.717) is 0 Å². The van der Waals surface area contributed by atoms with Gasteiger partial charge in [-0.3, -0.25) is 0 Å². The third-order valence-corrected chi connectivity index (χ3v) is 4.99. The van der Waals surface area contributed by atoms with Crippen LogP contribution in [-0.2, 0) is 4.74 Å². The quantitative estimate of drug-likeness (QED) is 0.795. The fourth-order valence-electron chi connectivity index (χ4n) is 3.91. The summed E-state index contributed by atoms with van der Waals surface area (Å²) in [6, 6.07) is 0.729. The Morgan fingerprint density at radius 3 is 2.71 bits per heavy atom. The Hall–Kier alpha value is -0.0800. The van der Waals surface area contributed by atoms with Crippen molar-refractivity contribution in [2.75, 3.05) is 20.3 Å². The van der Waals surface area contributed by atoms with Gasteiger partial charge in [0.2, 0.25) is 0 Å². The van der Waals surface area contributed by atoms with Crippen molar-refractivity contribution in [2.45, 2.75) is 57.9 Å². The molecule has 2 fully saturated rings. The molecular weight excluding hydrogens is 210 g/mol. The van der Waals surface area contributed by atoms with E-state index in [2.05, 4.69) is 19.3 Å². The summed E-state index contributed by atoms with van der Waals surface area (Å²) in [5.41, 5.74) is 0. The lowest BCUT2D eigenvalue weighted by atomic mass is 9.72.